The highest BCUT2D eigenvalue weighted by Gasteiger charge is 2.24. The molecule has 0 atom stereocenters. The number of carbonyl (C=O) groups excluding carboxylic acids is 1. The molecule has 1 saturated heterocycles. The van der Waals surface area contributed by atoms with Crippen molar-refractivity contribution in [2.75, 3.05) is 32.8 Å². The van der Waals surface area contributed by atoms with Crippen LogP contribution in [-0.2, 0) is 6.54 Å². The molecular weight excluding hydrogens is 368 g/mol. The molecule has 1 fully saturated rings. The minimum atomic E-state index is 0.0109. The summed E-state index contributed by atoms with van der Waals surface area (Å²) in [6.07, 6.45) is 1.50. The predicted molar refractivity (Wildman–Crippen MR) is 108 cm³/mol. The summed E-state index contributed by atoms with van der Waals surface area (Å²) in [6.45, 7) is 6.59. The van der Waals surface area contributed by atoms with Crippen LogP contribution in [0, 0.1) is 0 Å². The van der Waals surface area contributed by atoms with Gasteiger partial charge in [0.05, 0.1) is 17.9 Å². The molecule has 0 bridgehead atoms. The van der Waals surface area contributed by atoms with Crippen molar-refractivity contribution in [1.29, 1.82) is 0 Å². The lowest BCUT2D eigenvalue weighted by atomic mass is 10.1. The van der Waals surface area contributed by atoms with Gasteiger partial charge >= 0.3 is 0 Å². The molecular formula is C21H24N6O2. The van der Waals surface area contributed by atoms with E-state index in [1.807, 2.05) is 48.2 Å². The lowest BCUT2D eigenvalue weighted by Gasteiger charge is -2.35. The van der Waals surface area contributed by atoms with Crippen molar-refractivity contribution in [3.05, 3.63) is 66.0 Å². The molecule has 2 aromatic carbocycles. The van der Waals surface area contributed by atoms with Gasteiger partial charge in [-0.15, -0.1) is 5.10 Å². The van der Waals surface area contributed by atoms with Gasteiger partial charge in [-0.1, -0.05) is 24.3 Å². The van der Waals surface area contributed by atoms with E-state index in [1.165, 1.54) is 16.6 Å². The quantitative estimate of drug-likeness (QED) is 0.639. The maximum Gasteiger partial charge on any atom is 0.256 e. The van der Waals surface area contributed by atoms with Gasteiger partial charge in [-0.25, -0.2) is 0 Å². The Morgan fingerprint density at radius 3 is 2.48 bits per heavy atom. The van der Waals surface area contributed by atoms with E-state index in [4.69, 9.17) is 4.74 Å². The van der Waals surface area contributed by atoms with Gasteiger partial charge < -0.3 is 9.64 Å². The summed E-state index contributed by atoms with van der Waals surface area (Å²) in [5.74, 6) is 0.907. The number of rotatable bonds is 6. The Kier molecular flexibility index (Phi) is 5.81. The Balaban J connectivity index is 1.37. The largest absolute Gasteiger partial charge is 0.494 e. The zero-order valence-electron chi connectivity index (χ0n) is 16.4. The van der Waals surface area contributed by atoms with Crippen LogP contribution in [0.2, 0.25) is 0 Å². The van der Waals surface area contributed by atoms with Gasteiger partial charge in [0, 0.05) is 32.7 Å². The minimum absolute atomic E-state index is 0.0109. The highest BCUT2D eigenvalue weighted by molar-refractivity contribution is 5.97. The summed E-state index contributed by atoms with van der Waals surface area (Å²) < 4.78 is 7.02. The van der Waals surface area contributed by atoms with Gasteiger partial charge in [0.25, 0.3) is 5.91 Å². The summed E-state index contributed by atoms with van der Waals surface area (Å²) in [6, 6.07) is 15.6. The van der Waals surface area contributed by atoms with E-state index in [1.54, 1.807) is 0 Å². The third-order valence-corrected chi connectivity index (χ3v) is 5.03. The average Bonchev–Trinajstić information content (AvgIpc) is 3.30. The van der Waals surface area contributed by atoms with Crippen molar-refractivity contribution >= 4 is 5.91 Å². The highest BCUT2D eigenvalue weighted by Crippen LogP contribution is 2.18. The molecule has 0 N–H and O–H groups in total. The number of hydrogen-bond donors (Lipinski definition) is 0. The Morgan fingerprint density at radius 1 is 1.03 bits per heavy atom. The number of carbonyl (C=O) groups is 1. The first-order valence-corrected chi connectivity index (χ1v) is 9.80. The summed E-state index contributed by atoms with van der Waals surface area (Å²) in [7, 11) is 0. The smallest absolute Gasteiger partial charge is 0.256 e. The van der Waals surface area contributed by atoms with Crippen molar-refractivity contribution in [3.63, 3.8) is 0 Å². The molecule has 1 aromatic heterocycles. The van der Waals surface area contributed by atoms with Crippen molar-refractivity contribution < 1.29 is 9.53 Å². The number of amides is 1. The van der Waals surface area contributed by atoms with Gasteiger partial charge in [0.15, 0.2) is 0 Å². The van der Waals surface area contributed by atoms with Crippen molar-refractivity contribution in [2.45, 2.75) is 13.5 Å². The van der Waals surface area contributed by atoms with Crippen LogP contribution in [0.5, 0.6) is 5.75 Å². The standard InChI is InChI=1S/C21H24N6O2/c1-2-29-18-9-7-17(8-10-18)15-25-11-13-26(14-12-25)21(28)19-5-3-4-6-20(19)27-16-22-23-24-27/h3-10,16H,2,11-15H2,1H3. The zero-order valence-corrected chi connectivity index (χ0v) is 16.4. The van der Waals surface area contributed by atoms with Crippen LogP contribution in [0.25, 0.3) is 5.69 Å². The molecule has 150 valence electrons. The van der Waals surface area contributed by atoms with Crippen molar-refractivity contribution in [2.24, 2.45) is 0 Å². The van der Waals surface area contributed by atoms with Crippen molar-refractivity contribution in [1.82, 2.24) is 30.0 Å². The molecule has 1 amide bonds. The lowest BCUT2D eigenvalue weighted by Crippen LogP contribution is -2.48. The maximum absolute atomic E-state index is 13.1. The average molecular weight is 392 g/mol. The summed E-state index contributed by atoms with van der Waals surface area (Å²) in [5.41, 5.74) is 2.55. The number of benzene rings is 2. The molecule has 0 spiro atoms. The summed E-state index contributed by atoms with van der Waals surface area (Å²) in [4.78, 5) is 17.4. The van der Waals surface area contributed by atoms with E-state index in [2.05, 4.69) is 32.6 Å². The van der Waals surface area contributed by atoms with Crippen LogP contribution < -0.4 is 4.74 Å². The second-order valence-electron chi connectivity index (χ2n) is 6.92. The fraction of sp³-hybridized carbons (Fsp3) is 0.333. The van der Waals surface area contributed by atoms with Crippen LogP contribution in [0.4, 0.5) is 0 Å². The molecule has 0 aliphatic carbocycles. The molecule has 29 heavy (non-hydrogen) atoms. The van der Waals surface area contributed by atoms with E-state index in [0.717, 1.165) is 25.4 Å². The number of tetrazole rings is 1. The summed E-state index contributed by atoms with van der Waals surface area (Å²) >= 11 is 0. The maximum atomic E-state index is 13.1. The molecule has 8 nitrogen and oxygen atoms in total. The number of hydrogen-bond acceptors (Lipinski definition) is 6. The predicted octanol–water partition coefficient (Wildman–Crippen LogP) is 2.02. The van der Waals surface area contributed by atoms with Gasteiger partial charge in [-0.3, -0.25) is 9.69 Å². The van der Waals surface area contributed by atoms with E-state index in [9.17, 15) is 4.79 Å². The van der Waals surface area contributed by atoms with Gasteiger partial charge in [0.1, 0.15) is 12.1 Å². The number of para-hydroxylation sites is 1. The first-order chi connectivity index (χ1) is 14.2. The monoisotopic (exact) mass is 392 g/mol. The SMILES string of the molecule is CCOc1ccc(CN2CCN(C(=O)c3ccccc3-n3cnnn3)CC2)cc1. The lowest BCUT2D eigenvalue weighted by molar-refractivity contribution is 0.0628. The van der Waals surface area contributed by atoms with E-state index in [-0.39, 0.29) is 5.91 Å². The minimum Gasteiger partial charge on any atom is -0.494 e. The molecule has 3 aromatic rings. The second kappa shape index (κ2) is 8.83. The first-order valence-electron chi connectivity index (χ1n) is 9.80. The Bertz CT molecular complexity index is 934. The fourth-order valence-electron chi connectivity index (χ4n) is 3.52. The van der Waals surface area contributed by atoms with Gasteiger partial charge in [0.2, 0.25) is 0 Å². The topological polar surface area (TPSA) is 76.4 Å². The number of nitrogens with zero attached hydrogens (tertiary/aromatic N) is 6. The van der Waals surface area contributed by atoms with E-state index in [0.29, 0.717) is 30.9 Å². The number of aromatic nitrogens is 4. The molecule has 1 aliphatic rings. The number of ether oxygens (including phenoxy) is 1. The van der Waals surface area contributed by atoms with Gasteiger partial charge in [-0.2, -0.15) is 4.68 Å². The van der Waals surface area contributed by atoms with Crippen LogP contribution in [0.1, 0.15) is 22.8 Å². The molecule has 2 heterocycles. The summed E-state index contributed by atoms with van der Waals surface area (Å²) in [5, 5.41) is 11.3. The third kappa shape index (κ3) is 4.43. The second-order valence-corrected chi connectivity index (χ2v) is 6.92. The molecule has 1 aliphatic heterocycles. The normalized spacial score (nSPS) is 14.7. The van der Waals surface area contributed by atoms with Crippen LogP contribution >= 0.6 is 0 Å². The molecule has 0 saturated carbocycles. The Hall–Kier alpha value is -3.26. The van der Waals surface area contributed by atoms with Crippen LogP contribution in [0.15, 0.2) is 54.9 Å². The molecule has 8 heteroatoms. The number of piperazine rings is 1. The van der Waals surface area contributed by atoms with Crippen molar-refractivity contribution in [3.8, 4) is 11.4 Å². The zero-order chi connectivity index (χ0) is 20.1. The fourth-order valence-corrected chi connectivity index (χ4v) is 3.52. The van der Waals surface area contributed by atoms with Crippen LogP contribution in [0.3, 0.4) is 0 Å². The Labute approximate surface area is 169 Å². The van der Waals surface area contributed by atoms with E-state index < -0.39 is 0 Å². The molecule has 4 rings (SSSR count). The molecule has 0 unspecified atom stereocenters. The molecule has 0 radical (unpaired) electrons. The van der Waals surface area contributed by atoms with E-state index >= 15 is 0 Å². The third-order valence-electron chi connectivity index (χ3n) is 5.03. The highest BCUT2D eigenvalue weighted by atomic mass is 16.5. The van der Waals surface area contributed by atoms with Crippen LogP contribution in [-0.4, -0.2) is 68.7 Å². The first kappa shape index (κ1) is 19.1. The van der Waals surface area contributed by atoms with Gasteiger partial charge in [-0.05, 0) is 47.2 Å². The Morgan fingerprint density at radius 2 is 1.79 bits per heavy atom.